The van der Waals surface area contributed by atoms with Gasteiger partial charge in [-0.15, -0.1) is 0 Å². The van der Waals surface area contributed by atoms with Crippen LogP contribution in [0.2, 0.25) is 0 Å². The van der Waals surface area contributed by atoms with Crippen molar-refractivity contribution < 1.29 is 13.0 Å². The van der Waals surface area contributed by atoms with Gasteiger partial charge in [-0.05, 0) is 19.4 Å². The normalized spacial score (nSPS) is 11.8. The van der Waals surface area contributed by atoms with Crippen LogP contribution in [0.1, 0.15) is 25.7 Å². The minimum atomic E-state index is -3.99. The number of rotatable bonds is 6. The highest BCUT2D eigenvalue weighted by molar-refractivity contribution is 7.85. The van der Waals surface area contributed by atoms with Crippen molar-refractivity contribution in [2.24, 2.45) is 5.73 Å². The maximum atomic E-state index is 10.1. The summed E-state index contributed by atoms with van der Waals surface area (Å²) in [4.78, 5) is 0. The van der Waals surface area contributed by atoms with Gasteiger partial charge in [0, 0.05) is 5.75 Å². The molecule has 0 aromatic heterocycles. The standard InChI is InChI=1S/C6H15NO3S/c7-5-3-1-2-4-6-11(8,9)10/h1-7H2,(H,8,9,10)/p-1. The van der Waals surface area contributed by atoms with Crippen LogP contribution < -0.4 is 5.73 Å². The molecule has 5 heteroatoms. The molecule has 11 heavy (non-hydrogen) atoms. The Kier molecular flexibility index (Phi) is 5.45. The molecule has 0 radical (unpaired) electrons. The Hall–Kier alpha value is -0.130. The Bertz CT molecular complexity index is 176. The third-order valence-electron chi connectivity index (χ3n) is 1.35. The SMILES string of the molecule is NCCCCCCS(=O)(=O)[O-]. The lowest BCUT2D eigenvalue weighted by Gasteiger charge is -2.05. The van der Waals surface area contributed by atoms with Crippen LogP contribution in [-0.4, -0.2) is 25.3 Å². The molecule has 0 fully saturated rings. The highest BCUT2D eigenvalue weighted by atomic mass is 32.2. The van der Waals surface area contributed by atoms with E-state index >= 15 is 0 Å². The van der Waals surface area contributed by atoms with Gasteiger partial charge >= 0.3 is 0 Å². The van der Waals surface area contributed by atoms with Crippen LogP contribution in [0.15, 0.2) is 0 Å². The van der Waals surface area contributed by atoms with Crippen LogP contribution in [0.5, 0.6) is 0 Å². The Morgan fingerprint density at radius 1 is 1.09 bits per heavy atom. The van der Waals surface area contributed by atoms with Gasteiger partial charge in [-0.2, -0.15) is 0 Å². The Labute approximate surface area is 67.5 Å². The van der Waals surface area contributed by atoms with Crippen molar-refractivity contribution in [1.29, 1.82) is 0 Å². The number of hydrogen-bond donors (Lipinski definition) is 1. The van der Waals surface area contributed by atoms with Crippen molar-refractivity contribution in [3.63, 3.8) is 0 Å². The highest BCUT2D eigenvalue weighted by Crippen LogP contribution is 2.00. The molecule has 0 heterocycles. The molecule has 0 aromatic rings. The van der Waals surface area contributed by atoms with E-state index in [0.717, 1.165) is 19.3 Å². The predicted octanol–water partition coefficient (Wildman–Crippen LogP) is 0.0507. The largest absolute Gasteiger partial charge is 0.748 e. The van der Waals surface area contributed by atoms with Gasteiger partial charge in [-0.1, -0.05) is 12.8 Å². The lowest BCUT2D eigenvalue weighted by molar-refractivity contribution is 0.459. The van der Waals surface area contributed by atoms with E-state index in [4.69, 9.17) is 5.73 Å². The first-order valence-electron chi connectivity index (χ1n) is 3.70. The van der Waals surface area contributed by atoms with E-state index in [9.17, 15) is 13.0 Å². The zero-order valence-electron chi connectivity index (χ0n) is 6.45. The third kappa shape index (κ3) is 9.87. The fourth-order valence-electron chi connectivity index (χ4n) is 0.777. The summed E-state index contributed by atoms with van der Waals surface area (Å²) in [6.45, 7) is 0.629. The molecule has 0 unspecified atom stereocenters. The molecule has 0 aliphatic heterocycles. The van der Waals surface area contributed by atoms with E-state index in [0.29, 0.717) is 13.0 Å². The first kappa shape index (κ1) is 10.9. The summed E-state index contributed by atoms with van der Waals surface area (Å²) < 4.78 is 30.3. The van der Waals surface area contributed by atoms with E-state index in [1.807, 2.05) is 0 Å². The van der Waals surface area contributed by atoms with Crippen molar-refractivity contribution in [2.75, 3.05) is 12.3 Å². The second-order valence-electron chi connectivity index (χ2n) is 2.46. The quantitative estimate of drug-likeness (QED) is 0.462. The minimum absolute atomic E-state index is 0.239. The topological polar surface area (TPSA) is 83.2 Å². The molecule has 0 rings (SSSR count). The lowest BCUT2D eigenvalue weighted by atomic mass is 10.2. The van der Waals surface area contributed by atoms with E-state index in [1.165, 1.54) is 0 Å². The van der Waals surface area contributed by atoms with Crippen LogP contribution in [-0.2, 0) is 10.1 Å². The summed E-state index contributed by atoms with van der Waals surface area (Å²) in [6.07, 6.45) is 3.05. The third-order valence-corrected chi connectivity index (χ3v) is 2.14. The van der Waals surface area contributed by atoms with Crippen LogP contribution in [0.3, 0.4) is 0 Å². The zero-order chi connectivity index (χ0) is 8.74. The second-order valence-corrected chi connectivity index (χ2v) is 3.99. The number of unbranched alkanes of at least 4 members (excludes halogenated alkanes) is 3. The summed E-state index contributed by atoms with van der Waals surface area (Å²) in [5.74, 6) is -0.239. The molecule has 68 valence electrons. The zero-order valence-corrected chi connectivity index (χ0v) is 7.27. The molecule has 0 aliphatic carbocycles. The molecule has 2 N–H and O–H groups in total. The van der Waals surface area contributed by atoms with E-state index < -0.39 is 10.1 Å². The molecule has 0 bridgehead atoms. The average molecular weight is 180 g/mol. The van der Waals surface area contributed by atoms with Gasteiger partial charge in [-0.25, -0.2) is 8.42 Å². The molecule has 0 amide bonds. The number of hydrogen-bond acceptors (Lipinski definition) is 4. The Balaban J connectivity index is 3.16. The van der Waals surface area contributed by atoms with Crippen molar-refractivity contribution in [2.45, 2.75) is 25.7 Å². The van der Waals surface area contributed by atoms with Crippen LogP contribution in [0.4, 0.5) is 0 Å². The molecule has 0 saturated heterocycles. The predicted molar refractivity (Wildman–Crippen MR) is 42.1 cm³/mol. The summed E-state index contributed by atoms with van der Waals surface area (Å²) in [5.41, 5.74) is 5.22. The van der Waals surface area contributed by atoms with Gasteiger partial charge in [0.05, 0.1) is 10.1 Å². The molecular weight excluding hydrogens is 166 g/mol. The fraction of sp³-hybridized carbons (Fsp3) is 1.00. The fourth-order valence-corrected chi connectivity index (χ4v) is 1.33. The first-order chi connectivity index (χ1) is 5.06. The van der Waals surface area contributed by atoms with Crippen molar-refractivity contribution in [1.82, 2.24) is 0 Å². The maximum absolute atomic E-state index is 10.1. The maximum Gasteiger partial charge on any atom is 0.0945 e. The molecule has 0 aliphatic rings. The van der Waals surface area contributed by atoms with Gasteiger partial charge in [0.15, 0.2) is 0 Å². The molecule has 0 spiro atoms. The highest BCUT2D eigenvalue weighted by Gasteiger charge is 1.94. The molecule has 4 nitrogen and oxygen atoms in total. The molecule has 0 atom stereocenters. The van der Waals surface area contributed by atoms with Gasteiger partial charge in [-0.3, -0.25) is 0 Å². The summed E-state index contributed by atoms with van der Waals surface area (Å²) in [6, 6.07) is 0. The van der Waals surface area contributed by atoms with Crippen LogP contribution in [0.25, 0.3) is 0 Å². The first-order valence-corrected chi connectivity index (χ1v) is 5.27. The second kappa shape index (κ2) is 5.51. The summed E-state index contributed by atoms with van der Waals surface area (Å²) in [5, 5.41) is 0. The van der Waals surface area contributed by atoms with E-state index in [1.54, 1.807) is 0 Å². The Morgan fingerprint density at radius 2 is 1.64 bits per heavy atom. The van der Waals surface area contributed by atoms with Gasteiger partial charge in [0.25, 0.3) is 0 Å². The van der Waals surface area contributed by atoms with Crippen LogP contribution >= 0.6 is 0 Å². The van der Waals surface area contributed by atoms with E-state index in [2.05, 4.69) is 0 Å². The molecule has 0 aromatic carbocycles. The lowest BCUT2D eigenvalue weighted by Crippen LogP contribution is -2.04. The van der Waals surface area contributed by atoms with Crippen molar-refractivity contribution >= 4 is 10.1 Å². The average Bonchev–Trinajstić information content (AvgIpc) is 1.85. The monoisotopic (exact) mass is 180 g/mol. The van der Waals surface area contributed by atoms with Crippen molar-refractivity contribution in [3.8, 4) is 0 Å². The smallest absolute Gasteiger partial charge is 0.0945 e. The van der Waals surface area contributed by atoms with Gasteiger partial charge in [0.2, 0.25) is 0 Å². The minimum Gasteiger partial charge on any atom is -0.748 e. The summed E-state index contributed by atoms with van der Waals surface area (Å²) >= 11 is 0. The van der Waals surface area contributed by atoms with Gasteiger partial charge in [0.1, 0.15) is 0 Å². The summed E-state index contributed by atoms with van der Waals surface area (Å²) in [7, 11) is -3.99. The van der Waals surface area contributed by atoms with Crippen molar-refractivity contribution in [3.05, 3.63) is 0 Å². The van der Waals surface area contributed by atoms with Crippen LogP contribution in [0, 0.1) is 0 Å². The van der Waals surface area contributed by atoms with Gasteiger partial charge < -0.3 is 10.3 Å². The number of nitrogens with two attached hydrogens (primary N) is 1. The molecular formula is C6H14NO3S-. The molecule has 0 saturated carbocycles. The van der Waals surface area contributed by atoms with E-state index in [-0.39, 0.29) is 5.75 Å². The Morgan fingerprint density at radius 3 is 2.09 bits per heavy atom.